The first-order valence-electron chi connectivity index (χ1n) is 5.60. The number of nitrogens with zero attached hydrogens (tertiary/aromatic N) is 4. The first kappa shape index (κ1) is 12.2. The van der Waals surface area contributed by atoms with Crippen molar-refractivity contribution in [3.63, 3.8) is 0 Å². The summed E-state index contributed by atoms with van der Waals surface area (Å²) >= 11 is 1.59. The van der Waals surface area contributed by atoms with Gasteiger partial charge in [0.2, 0.25) is 0 Å². The molecule has 1 aliphatic heterocycles. The third-order valence-electron chi connectivity index (χ3n) is 2.85. The number of thioether (sulfide) groups is 1. The van der Waals surface area contributed by atoms with Gasteiger partial charge in [0.05, 0.1) is 23.8 Å². The first-order chi connectivity index (χ1) is 9.16. The SMILES string of the molecule is Cc1nn(C(F)F)cc1N1C=CSC1c1cn[nH]c1. The molecular formula is C11H11F2N5S. The number of aryl methyl sites for hydroxylation is 1. The van der Waals surface area contributed by atoms with Crippen LogP contribution in [0.2, 0.25) is 0 Å². The van der Waals surface area contributed by atoms with Crippen LogP contribution in [-0.2, 0) is 0 Å². The van der Waals surface area contributed by atoms with Gasteiger partial charge in [0.15, 0.2) is 0 Å². The Labute approximate surface area is 112 Å². The van der Waals surface area contributed by atoms with Gasteiger partial charge in [-0.1, -0.05) is 0 Å². The van der Waals surface area contributed by atoms with Crippen LogP contribution in [0, 0.1) is 6.92 Å². The zero-order valence-electron chi connectivity index (χ0n) is 9.99. The smallest absolute Gasteiger partial charge is 0.328 e. The van der Waals surface area contributed by atoms with Crippen LogP contribution in [0.5, 0.6) is 0 Å². The molecular weight excluding hydrogens is 272 g/mol. The molecule has 0 aliphatic carbocycles. The van der Waals surface area contributed by atoms with Crippen LogP contribution in [0.15, 0.2) is 30.2 Å². The molecule has 0 fully saturated rings. The minimum absolute atomic E-state index is 0.00669. The molecule has 1 aliphatic rings. The van der Waals surface area contributed by atoms with Crippen LogP contribution in [0.4, 0.5) is 14.5 Å². The van der Waals surface area contributed by atoms with E-state index < -0.39 is 6.55 Å². The van der Waals surface area contributed by atoms with Gasteiger partial charge in [-0.05, 0) is 12.3 Å². The van der Waals surface area contributed by atoms with Crippen molar-refractivity contribution in [2.24, 2.45) is 0 Å². The number of alkyl halides is 2. The summed E-state index contributed by atoms with van der Waals surface area (Å²) in [4.78, 5) is 1.91. The fourth-order valence-electron chi connectivity index (χ4n) is 1.99. The van der Waals surface area contributed by atoms with E-state index in [1.165, 1.54) is 6.20 Å². The van der Waals surface area contributed by atoms with E-state index in [-0.39, 0.29) is 5.37 Å². The van der Waals surface area contributed by atoms with E-state index in [1.807, 2.05) is 16.5 Å². The van der Waals surface area contributed by atoms with Gasteiger partial charge >= 0.3 is 6.55 Å². The molecule has 1 unspecified atom stereocenters. The molecule has 8 heteroatoms. The Morgan fingerprint density at radius 2 is 2.32 bits per heavy atom. The van der Waals surface area contributed by atoms with Crippen molar-refractivity contribution in [1.82, 2.24) is 20.0 Å². The number of H-pyrrole nitrogens is 1. The van der Waals surface area contributed by atoms with E-state index in [2.05, 4.69) is 15.3 Å². The minimum Gasteiger partial charge on any atom is -0.328 e. The van der Waals surface area contributed by atoms with Gasteiger partial charge in [0.1, 0.15) is 5.37 Å². The van der Waals surface area contributed by atoms with Crippen molar-refractivity contribution in [3.8, 4) is 0 Å². The van der Waals surface area contributed by atoms with Gasteiger partial charge in [-0.3, -0.25) is 5.10 Å². The fourth-order valence-corrected chi connectivity index (χ4v) is 2.94. The second-order valence-corrected chi connectivity index (χ2v) is 5.06. The van der Waals surface area contributed by atoms with E-state index in [9.17, 15) is 8.78 Å². The lowest BCUT2D eigenvalue weighted by Crippen LogP contribution is -2.16. The number of rotatable bonds is 3. The van der Waals surface area contributed by atoms with Crippen molar-refractivity contribution >= 4 is 17.4 Å². The molecule has 0 radical (unpaired) electrons. The van der Waals surface area contributed by atoms with Crippen molar-refractivity contribution < 1.29 is 8.78 Å². The maximum absolute atomic E-state index is 12.7. The summed E-state index contributed by atoms with van der Waals surface area (Å²) in [6.07, 6.45) is 6.75. The predicted octanol–water partition coefficient (Wildman–Crippen LogP) is 3.03. The van der Waals surface area contributed by atoms with E-state index in [0.717, 1.165) is 5.56 Å². The average molecular weight is 283 g/mol. The monoisotopic (exact) mass is 283 g/mol. The zero-order valence-corrected chi connectivity index (χ0v) is 10.8. The second kappa shape index (κ2) is 4.69. The summed E-state index contributed by atoms with van der Waals surface area (Å²) in [7, 11) is 0. The highest BCUT2D eigenvalue weighted by Crippen LogP contribution is 2.42. The molecule has 19 heavy (non-hydrogen) atoms. The quantitative estimate of drug-likeness (QED) is 0.940. The number of hydrogen-bond acceptors (Lipinski definition) is 4. The van der Waals surface area contributed by atoms with Crippen molar-refractivity contribution in [2.45, 2.75) is 18.8 Å². The van der Waals surface area contributed by atoms with Gasteiger partial charge in [-0.25, -0.2) is 4.68 Å². The fraction of sp³-hybridized carbons (Fsp3) is 0.273. The lowest BCUT2D eigenvalue weighted by Gasteiger charge is -2.22. The molecule has 2 aromatic heterocycles. The van der Waals surface area contributed by atoms with Crippen LogP contribution >= 0.6 is 11.8 Å². The van der Waals surface area contributed by atoms with E-state index in [4.69, 9.17) is 0 Å². The summed E-state index contributed by atoms with van der Waals surface area (Å²) in [6.45, 7) is -0.906. The predicted molar refractivity (Wildman–Crippen MR) is 68.8 cm³/mol. The summed E-state index contributed by atoms with van der Waals surface area (Å²) < 4.78 is 26.0. The topological polar surface area (TPSA) is 49.7 Å². The highest BCUT2D eigenvalue weighted by atomic mass is 32.2. The maximum Gasteiger partial charge on any atom is 0.333 e. The molecule has 0 amide bonds. The van der Waals surface area contributed by atoms with E-state index in [1.54, 1.807) is 31.1 Å². The summed E-state index contributed by atoms with van der Waals surface area (Å²) in [5.74, 6) is 0. The van der Waals surface area contributed by atoms with Crippen molar-refractivity contribution in [1.29, 1.82) is 0 Å². The van der Waals surface area contributed by atoms with Gasteiger partial charge in [0.25, 0.3) is 0 Å². The minimum atomic E-state index is -2.63. The number of hydrogen-bond donors (Lipinski definition) is 1. The Morgan fingerprint density at radius 3 is 2.95 bits per heavy atom. The number of aromatic nitrogens is 4. The van der Waals surface area contributed by atoms with E-state index >= 15 is 0 Å². The third-order valence-corrected chi connectivity index (χ3v) is 3.89. The molecule has 0 spiro atoms. The average Bonchev–Trinajstić information content (AvgIpc) is 3.07. The summed E-state index contributed by atoms with van der Waals surface area (Å²) in [5.41, 5.74) is 2.23. The van der Waals surface area contributed by atoms with Crippen LogP contribution in [0.3, 0.4) is 0 Å². The molecule has 1 atom stereocenters. The van der Waals surface area contributed by atoms with Gasteiger partial charge in [0, 0.05) is 18.0 Å². The van der Waals surface area contributed by atoms with Gasteiger partial charge < -0.3 is 4.90 Å². The van der Waals surface area contributed by atoms with Gasteiger partial charge in [-0.15, -0.1) is 11.8 Å². The normalized spacial score (nSPS) is 18.7. The highest BCUT2D eigenvalue weighted by molar-refractivity contribution is 8.02. The Balaban J connectivity index is 1.94. The maximum atomic E-state index is 12.7. The van der Waals surface area contributed by atoms with Crippen molar-refractivity contribution in [3.05, 3.63) is 41.5 Å². The Bertz CT molecular complexity index is 592. The largest absolute Gasteiger partial charge is 0.333 e. The molecule has 100 valence electrons. The van der Waals surface area contributed by atoms with Crippen LogP contribution < -0.4 is 4.90 Å². The standard InChI is InChI=1S/C11H11F2N5S/c1-7-9(6-18(16-7)11(12)13)17-2-3-19-10(17)8-4-14-15-5-8/h2-6,10-11H,1H3,(H,14,15). The summed E-state index contributed by atoms with van der Waals surface area (Å²) in [5, 5.41) is 12.4. The van der Waals surface area contributed by atoms with Gasteiger partial charge in [-0.2, -0.15) is 19.0 Å². The van der Waals surface area contributed by atoms with Crippen molar-refractivity contribution in [2.75, 3.05) is 4.90 Å². The Kier molecular flexibility index (Phi) is 3.02. The number of nitrogens with one attached hydrogen (secondary N) is 1. The van der Waals surface area contributed by atoms with Crippen LogP contribution in [0.1, 0.15) is 23.2 Å². The zero-order chi connectivity index (χ0) is 13.4. The molecule has 5 nitrogen and oxygen atoms in total. The summed E-state index contributed by atoms with van der Waals surface area (Å²) in [6, 6.07) is 0. The molecule has 2 aromatic rings. The molecule has 3 rings (SSSR count). The highest BCUT2D eigenvalue weighted by Gasteiger charge is 2.27. The molecule has 3 heterocycles. The molecule has 0 aromatic carbocycles. The molecule has 0 saturated carbocycles. The Morgan fingerprint density at radius 1 is 1.47 bits per heavy atom. The Hall–Kier alpha value is -1.83. The number of halogens is 2. The number of anilines is 1. The lowest BCUT2D eigenvalue weighted by atomic mass is 10.3. The first-order valence-corrected chi connectivity index (χ1v) is 6.54. The lowest BCUT2D eigenvalue weighted by molar-refractivity contribution is 0.0563. The molecule has 1 N–H and O–H groups in total. The van der Waals surface area contributed by atoms with Crippen LogP contribution in [-0.4, -0.2) is 20.0 Å². The molecule has 0 saturated heterocycles. The van der Waals surface area contributed by atoms with E-state index in [0.29, 0.717) is 16.1 Å². The molecule has 0 bridgehead atoms. The third kappa shape index (κ3) is 2.12. The van der Waals surface area contributed by atoms with Crippen LogP contribution in [0.25, 0.3) is 0 Å². The number of aromatic amines is 1. The second-order valence-electron chi connectivity index (χ2n) is 4.07.